The van der Waals surface area contributed by atoms with Crippen molar-refractivity contribution in [2.24, 2.45) is 5.92 Å². The third-order valence-corrected chi connectivity index (χ3v) is 3.56. The average Bonchev–Trinajstić information content (AvgIpc) is 2.46. The topological polar surface area (TPSA) is 112 Å². The van der Waals surface area contributed by atoms with E-state index in [0.717, 1.165) is 25.7 Å². The summed E-state index contributed by atoms with van der Waals surface area (Å²) in [6.07, 6.45) is 3.33. The second-order valence-corrected chi connectivity index (χ2v) is 4.99. The molecular formula is C13H16N4O3. The van der Waals surface area contributed by atoms with Crippen LogP contribution in [-0.2, 0) is 0 Å². The van der Waals surface area contributed by atoms with Crippen LogP contribution in [0.4, 0.5) is 11.5 Å². The maximum absolute atomic E-state index is 10.7. The Kier molecular flexibility index (Phi) is 4.48. The summed E-state index contributed by atoms with van der Waals surface area (Å²) in [5.41, 5.74) is -0.460. The first-order valence-electron chi connectivity index (χ1n) is 6.57. The molecule has 7 nitrogen and oxygen atoms in total. The summed E-state index contributed by atoms with van der Waals surface area (Å²) in [6.45, 7) is 0.697. The van der Waals surface area contributed by atoms with Gasteiger partial charge in [-0.25, -0.2) is 4.98 Å². The normalized spacial score (nSPS) is 22.0. The molecule has 0 bridgehead atoms. The molecule has 2 N–H and O–H groups in total. The fourth-order valence-corrected chi connectivity index (χ4v) is 2.38. The minimum atomic E-state index is -0.613. The van der Waals surface area contributed by atoms with E-state index in [-0.39, 0.29) is 17.5 Å². The van der Waals surface area contributed by atoms with E-state index in [2.05, 4.69) is 10.3 Å². The van der Waals surface area contributed by atoms with E-state index in [1.54, 1.807) is 6.07 Å². The Hall–Kier alpha value is -2.20. The highest BCUT2D eigenvalue weighted by Crippen LogP contribution is 2.25. The zero-order valence-electron chi connectivity index (χ0n) is 11.0. The zero-order chi connectivity index (χ0) is 14.5. The minimum Gasteiger partial charge on any atom is -0.393 e. The summed E-state index contributed by atoms with van der Waals surface area (Å²) >= 11 is 0. The summed E-state index contributed by atoms with van der Waals surface area (Å²) in [5, 5.41) is 32.1. The van der Waals surface area contributed by atoms with Crippen molar-refractivity contribution in [1.82, 2.24) is 4.98 Å². The maximum Gasteiger partial charge on any atom is 0.305 e. The molecule has 0 atom stereocenters. The molecule has 1 aromatic rings. The van der Waals surface area contributed by atoms with Crippen molar-refractivity contribution in [1.29, 1.82) is 5.26 Å². The Bertz CT molecular complexity index is 533. The highest BCUT2D eigenvalue weighted by Gasteiger charge is 2.20. The molecule has 1 aromatic heterocycles. The van der Waals surface area contributed by atoms with Crippen molar-refractivity contribution >= 4 is 11.5 Å². The van der Waals surface area contributed by atoms with E-state index in [4.69, 9.17) is 5.26 Å². The third-order valence-electron chi connectivity index (χ3n) is 3.56. The van der Waals surface area contributed by atoms with Gasteiger partial charge in [-0.05, 0) is 37.7 Å². The van der Waals surface area contributed by atoms with Gasteiger partial charge in [0.15, 0.2) is 0 Å². The van der Waals surface area contributed by atoms with Crippen LogP contribution in [0, 0.1) is 27.4 Å². The molecule has 20 heavy (non-hydrogen) atoms. The van der Waals surface area contributed by atoms with Gasteiger partial charge in [-0.1, -0.05) is 0 Å². The molecule has 106 valence electrons. The summed E-state index contributed by atoms with van der Waals surface area (Å²) in [7, 11) is 0. The number of nitrogens with zero attached hydrogens (tertiary/aromatic N) is 3. The van der Waals surface area contributed by atoms with Crippen LogP contribution in [-0.4, -0.2) is 27.7 Å². The van der Waals surface area contributed by atoms with Gasteiger partial charge in [0.05, 0.1) is 11.0 Å². The van der Waals surface area contributed by atoms with Crippen molar-refractivity contribution in [3.8, 4) is 6.07 Å². The molecule has 7 heteroatoms. The zero-order valence-corrected chi connectivity index (χ0v) is 11.0. The van der Waals surface area contributed by atoms with Crippen LogP contribution in [0.25, 0.3) is 0 Å². The monoisotopic (exact) mass is 276 g/mol. The quantitative estimate of drug-likeness (QED) is 0.640. The fourth-order valence-electron chi connectivity index (χ4n) is 2.38. The van der Waals surface area contributed by atoms with Crippen LogP contribution in [0.1, 0.15) is 31.4 Å². The lowest BCUT2D eigenvalue weighted by molar-refractivity contribution is -0.385. The lowest BCUT2D eigenvalue weighted by Crippen LogP contribution is -2.23. The van der Waals surface area contributed by atoms with Gasteiger partial charge in [-0.2, -0.15) is 5.26 Å². The number of anilines is 1. The molecular weight excluding hydrogens is 260 g/mol. The minimum absolute atomic E-state index is 0.181. The van der Waals surface area contributed by atoms with Gasteiger partial charge < -0.3 is 10.4 Å². The van der Waals surface area contributed by atoms with Gasteiger partial charge in [0.2, 0.25) is 5.69 Å². The largest absolute Gasteiger partial charge is 0.393 e. The smallest absolute Gasteiger partial charge is 0.305 e. The highest BCUT2D eigenvalue weighted by atomic mass is 16.6. The molecule has 0 saturated heterocycles. The van der Waals surface area contributed by atoms with Gasteiger partial charge in [0.1, 0.15) is 11.9 Å². The Morgan fingerprint density at radius 2 is 2.15 bits per heavy atom. The predicted molar refractivity (Wildman–Crippen MR) is 72.1 cm³/mol. The van der Waals surface area contributed by atoms with Gasteiger partial charge in [0.25, 0.3) is 0 Å². The van der Waals surface area contributed by atoms with E-state index < -0.39 is 4.92 Å². The summed E-state index contributed by atoms with van der Waals surface area (Å²) in [4.78, 5) is 14.0. The molecule has 1 heterocycles. The molecule has 1 aliphatic carbocycles. The van der Waals surface area contributed by atoms with Crippen LogP contribution < -0.4 is 5.32 Å². The first-order chi connectivity index (χ1) is 9.60. The molecule has 0 radical (unpaired) electrons. The van der Waals surface area contributed by atoms with Crippen molar-refractivity contribution in [3.05, 3.63) is 27.9 Å². The third kappa shape index (κ3) is 3.42. The number of aromatic nitrogens is 1. The Balaban J connectivity index is 1.97. The fraction of sp³-hybridized carbons (Fsp3) is 0.538. The van der Waals surface area contributed by atoms with Gasteiger partial charge in [-0.15, -0.1) is 0 Å². The van der Waals surface area contributed by atoms with Gasteiger partial charge >= 0.3 is 5.69 Å². The van der Waals surface area contributed by atoms with Gasteiger partial charge in [-0.3, -0.25) is 10.1 Å². The van der Waals surface area contributed by atoms with Gasteiger partial charge in [0, 0.05) is 12.6 Å². The number of pyridine rings is 1. The highest BCUT2D eigenvalue weighted by molar-refractivity contribution is 5.50. The summed E-state index contributed by atoms with van der Waals surface area (Å²) < 4.78 is 0. The first kappa shape index (κ1) is 14.2. The average molecular weight is 276 g/mol. The molecule has 1 aliphatic rings. The van der Waals surface area contributed by atoms with E-state index >= 15 is 0 Å². The van der Waals surface area contributed by atoms with Crippen molar-refractivity contribution < 1.29 is 10.0 Å². The number of nitro groups is 1. The summed E-state index contributed by atoms with van der Waals surface area (Å²) in [5.74, 6) is 0.930. The van der Waals surface area contributed by atoms with Crippen molar-refractivity contribution in [2.75, 3.05) is 11.9 Å². The molecule has 2 rings (SSSR count). The van der Waals surface area contributed by atoms with E-state index in [1.165, 1.54) is 12.1 Å². The second-order valence-electron chi connectivity index (χ2n) is 4.99. The lowest BCUT2D eigenvalue weighted by atomic mass is 9.87. The lowest BCUT2D eigenvalue weighted by Gasteiger charge is -2.25. The number of rotatable bonds is 4. The number of aliphatic hydroxyl groups is 1. The first-order valence-corrected chi connectivity index (χ1v) is 6.57. The number of hydrogen-bond acceptors (Lipinski definition) is 6. The Morgan fingerprint density at radius 1 is 1.45 bits per heavy atom. The second kappa shape index (κ2) is 6.30. The number of nitriles is 1. The molecule has 1 fully saturated rings. The molecule has 1 saturated carbocycles. The van der Waals surface area contributed by atoms with Crippen molar-refractivity contribution in [2.45, 2.75) is 31.8 Å². The van der Waals surface area contributed by atoms with Crippen LogP contribution >= 0.6 is 0 Å². The van der Waals surface area contributed by atoms with Crippen LogP contribution in [0.2, 0.25) is 0 Å². The number of aliphatic hydroxyl groups excluding tert-OH is 1. The Morgan fingerprint density at radius 3 is 2.75 bits per heavy atom. The molecule has 0 unspecified atom stereocenters. The van der Waals surface area contributed by atoms with Crippen LogP contribution in [0.15, 0.2) is 12.1 Å². The summed E-state index contributed by atoms with van der Waals surface area (Å²) in [6, 6.07) is 4.54. The van der Waals surface area contributed by atoms with E-state index in [9.17, 15) is 15.2 Å². The number of hydrogen-bond donors (Lipinski definition) is 2. The maximum atomic E-state index is 10.7. The van der Waals surface area contributed by atoms with E-state index in [1.807, 2.05) is 0 Å². The molecule has 0 spiro atoms. The molecule has 0 amide bonds. The van der Waals surface area contributed by atoms with Crippen LogP contribution in [0.5, 0.6) is 0 Å². The van der Waals surface area contributed by atoms with Crippen LogP contribution in [0.3, 0.4) is 0 Å². The number of nitrogens with one attached hydrogen (secondary N) is 1. The predicted octanol–water partition coefficient (Wildman–Crippen LogP) is 1.82. The Labute approximate surface area is 116 Å². The molecule has 0 aliphatic heterocycles. The standard InChI is InChI=1S/C13H16N4O3/c14-7-11-12(17(19)20)5-6-13(16-11)15-8-9-1-3-10(18)4-2-9/h5-6,9-10,18H,1-4,8H2,(H,15,16). The SMILES string of the molecule is N#Cc1nc(NCC2CCC(O)CC2)ccc1[N+](=O)[O-]. The molecule has 0 aromatic carbocycles. The van der Waals surface area contributed by atoms with E-state index in [0.29, 0.717) is 18.3 Å². The van der Waals surface area contributed by atoms with Crippen molar-refractivity contribution in [3.63, 3.8) is 0 Å².